The van der Waals surface area contributed by atoms with Gasteiger partial charge < -0.3 is 5.32 Å². The van der Waals surface area contributed by atoms with Crippen LogP contribution < -0.4 is 10.0 Å². The van der Waals surface area contributed by atoms with Crippen LogP contribution in [0.3, 0.4) is 0 Å². The van der Waals surface area contributed by atoms with Crippen molar-refractivity contribution >= 4 is 32.4 Å². The Bertz CT molecular complexity index is 798. The molecule has 2 rings (SSSR count). The standard InChI is InChI=1S/C15H20N4O3S2/c1-10(2)13-6-4-12(5-7-13)8-9-16-24(21,22)15-19-18-14(23-15)17-11(3)20/h4-7,10,16H,8-9H2,1-3H3,(H,17,18,20). The zero-order valence-corrected chi connectivity index (χ0v) is 15.4. The van der Waals surface area contributed by atoms with Gasteiger partial charge in [-0.1, -0.05) is 49.4 Å². The van der Waals surface area contributed by atoms with E-state index in [1.54, 1.807) is 0 Å². The molecule has 0 bridgehead atoms. The van der Waals surface area contributed by atoms with Crippen molar-refractivity contribution in [2.75, 3.05) is 11.9 Å². The van der Waals surface area contributed by atoms with E-state index in [1.807, 2.05) is 12.1 Å². The van der Waals surface area contributed by atoms with Gasteiger partial charge in [-0.15, -0.1) is 10.2 Å². The van der Waals surface area contributed by atoms with E-state index < -0.39 is 10.0 Å². The van der Waals surface area contributed by atoms with E-state index in [1.165, 1.54) is 12.5 Å². The first-order valence-corrected chi connectivity index (χ1v) is 9.77. The molecule has 1 heterocycles. The Morgan fingerprint density at radius 2 is 1.88 bits per heavy atom. The van der Waals surface area contributed by atoms with Crippen LogP contribution in [0.4, 0.5) is 5.13 Å². The van der Waals surface area contributed by atoms with Crippen LogP contribution in [0.5, 0.6) is 0 Å². The first-order chi connectivity index (χ1) is 11.3. The minimum absolute atomic E-state index is 0.159. The molecule has 1 amide bonds. The van der Waals surface area contributed by atoms with Crippen LogP contribution in [0.25, 0.3) is 0 Å². The number of carbonyl (C=O) groups excluding carboxylic acids is 1. The van der Waals surface area contributed by atoms with E-state index in [0.717, 1.165) is 16.9 Å². The predicted octanol–water partition coefficient (Wildman–Crippen LogP) is 2.14. The average Bonchev–Trinajstić information content (AvgIpc) is 2.96. The van der Waals surface area contributed by atoms with Gasteiger partial charge in [-0.3, -0.25) is 4.79 Å². The minimum atomic E-state index is -3.72. The molecule has 9 heteroatoms. The molecule has 0 radical (unpaired) electrons. The number of aromatic nitrogens is 2. The summed E-state index contributed by atoms with van der Waals surface area (Å²) in [5, 5.41) is 9.80. The molecule has 2 aromatic rings. The zero-order valence-electron chi connectivity index (χ0n) is 13.7. The average molecular weight is 368 g/mol. The lowest BCUT2D eigenvalue weighted by atomic mass is 10.0. The second-order valence-corrected chi connectivity index (χ2v) is 8.52. The first kappa shape index (κ1) is 18.5. The van der Waals surface area contributed by atoms with Crippen LogP contribution in [0.1, 0.15) is 37.8 Å². The highest BCUT2D eigenvalue weighted by Gasteiger charge is 2.20. The van der Waals surface area contributed by atoms with Gasteiger partial charge in [0.2, 0.25) is 15.4 Å². The van der Waals surface area contributed by atoms with Gasteiger partial charge in [0.1, 0.15) is 0 Å². The monoisotopic (exact) mass is 368 g/mol. The van der Waals surface area contributed by atoms with Crippen LogP contribution in [0.2, 0.25) is 0 Å². The summed E-state index contributed by atoms with van der Waals surface area (Å²) in [5.41, 5.74) is 2.30. The van der Waals surface area contributed by atoms with Gasteiger partial charge >= 0.3 is 0 Å². The number of hydrogen-bond acceptors (Lipinski definition) is 6. The molecular weight excluding hydrogens is 348 g/mol. The summed E-state index contributed by atoms with van der Waals surface area (Å²) >= 11 is 0.815. The van der Waals surface area contributed by atoms with Gasteiger partial charge in [0.25, 0.3) is 10.0 Å². The number of nitrogens with one attached hydrogen (secondary N) is 2. The highest BCUT2D eigenvalue weighted by molar-refractivity contribution is 7.91. The molecule has 0 aliphatic heterocycles. The normalized spacial score (nSPS) is 11.7. The van der Waals surface area contributed by atoms with Crippen LogP contribution in [-0.4, -0.2) is 31.1 Å². The van der Waals surface area contributed by atoms with Crippen molar-refractivity contribution in [2.24, 2.45) is 0 Å². The number of benzene rings is 1. The molecule has 0 spiro atoms. The smallest absolute Gasteiger partial charge is 0.269 e. The van der Waals surface area contributed by atoms with Crippen LogP contribution in [0.15, 0.2) is 28.6 Å². The minimum Gasteiger partial charge on any atom is -0.301 e. The SMILES string of the molecule is CC(=O)Nc1nnc(S(=O)(=O)NCCc2ccc(C(C)C)cc2)s1. The molecule has 0 saturated heterocycles. The van der Waals surface area contributed by atoms with E-state index >= 15 is 0 Å². The quantitative estimate of drug-likeness (QED) is 0.729. The number of hydrogen-bond donors (Lipinski definition) is 2. The van der Waals surface area contributed by atoms with Gasteiger partial charge in [0.15, 0.2) is 0 Å². The Balaban J connectivity index is 1.92. The largest absolute Gasteiger partial charge is 0.301 e. The van der Waals surface area contributed by atoms with E-state index in [2.05, 4.69) is 46.2 Å². The van der Waals surface area contributed by atoms with Crippen LogP contribution in [0, 0.1) is 0 Å². The van der Waals surface area contributed by atoms with Gasteiger partial charge in [-0.25, -0.2) is 13.1 Å². The van der Waals surface area contributed by atoms with Crippen molar-refractivity contribution in [1.29, 1.82) is 0 Å². The lowest BCUT2D eigenvalue weighted by Crippen LogP contribution is -2.25. The molecule has 0 aliphatic carbocycles. The Morgan fingerprint density at radius 3 is 2.46 bits per heavy atom. The number of anilines is 1. The summed E-state index contributed by atoms with van der Waals surface area (Å²) in [4.78, 5) is 10.9. The van der Waals surface area contributed by atoms with Crippen LogP contribution >= 0.6 is 11.3 Å². The van der Waals surface area contributed by atoms with E-state index in [-0.39, 0.29) is 21.9 Å². The van der Waals surface area contributed by atoms with Gasteiger partial charge in [0, 0.05) is 13.5 Å². The van der Waals surface area contributed by atoms with Crippen molar-refractivity contribution in [1.82, 2.24) is 14.9 Å². The Hall–Kier alpha value is -1.84. The molecule has 7 nitrogen and oxygen atoms in total. The van der Waals surface area contributed by atoms with Gasteiger partial charge in [-0.05, 0) is 23.5 Å². The molecule has 1 aromatic carbocycles. The molecule has 0 atom stereocenters. The first-order valence-electron chi connectivity index (χ1n) is 7.47. The summed E-state index contributed by atoms with van der Waals surface area (Å²) < 4.78 is 26.6. The highest BCUT2D eigenvalue weighted by Crippen LogP contribution is 2.19. The maximum absolute atomic E-state index is 12.1. The fraction of sp³-hybridized carbons (Fsp3) is 0.400. The third-order valence-corrected chi connectivity index (χ3v) is 5.94. The Morgan fingerprint density at radius 1 is 1.21 bits per heavy atom. The summed E-state index contributed by atoms with van der Waals surface area (Å²) in [7, 11) is -3.72. The number of carbonyl (C=O) groups is 1. The van der Waals surface area contributed by atoms with Crippen molar-refractivity contribution < 1.29 is 13.2 Å². The molecule has 0 saturated carbocycles. The number of amides is 1. The molecule has 1 aromatic heterocycles. The lowest BCUT2D eigenvalue weighted by molar-refractivity contribution is -0.114. The van der Waals surface area contributed by atoms with Crippen LogP contribution in [-0.2, 0) is 21.2 Å². The van der Waals surface area contributed by atoms with Crippen molar-refractivity contribution in [2.45, 2.75) is 37.4 Å². The fourth-order valence-corrected chi connectivity index (χ4v) is 4.00. The number of sulfonamides is 1. The summed E-state index contributed by atoms with van der Waals surface area (Å²) in [6.45, 7) is 5.83. The third kappa shape index (κ3) is 5.08. The number of rotatable bonds is 7. The second-order valence-electron chi connectivity index (χ2n) is 5.60. The summed E-state index contributed by atoms with van der Waals surface area (Å²) in [5.74, 6) is 0.140. The maximum Gasteiger partial charge on any atom is 0.269 e. The summed E-state index contributed by atoms with van der Waals surface area (Å²) in [6, 6.07) is 8.12. The van der Waals surface area contributed by atoms with Gasteiger partial charge in [0.05, 0.1) is 0 Å². The van der Waals surface area contributed by atoms with Crippen molar-refractivity contribution in [3.8, 4) is 0 Å². The molecule has 130 valence electrons. The van der Waals surface area contributed by atoms with E-state index in [0.29, 0.717) is 12.3 Å². The van der Waals surface area contributed by atoms with E-state index in [4.69, 9.17) is 0 Å². The third-order valence-electron chi connectivity index (χ3n) is 3.27. The molecule has 0 unspecified atom stereocenters. The highest BCUT2D eigenvalue weighted by atomic mass is 32.2. The van der Waals surface area contributed by atoms with Crippen molar-refractivity contribution in [3.05, 3.63) is 35.4 Å². The lowest BCUT2D eigenvalue weighted by Gasteiger charge is -2.07. The number of nitrogens with zero attached hydrogens (tertiary/aromatic N) is 2. The molecule has 0 fully saturated rings. The maximum atomic E-state index is 12.1. The summed E-state index contributed by atoms with van der Waals surface area (Å²) in [6.07, 6.45) is 0.578. The van der Waals surface area contributed by atoms with Crippen molar-refractivity contribution in [3.63, 3.8) is 0 Å². The molecule has 0 aliphatic rings. The fourth-order valence-electron chi connectivity index (χ4n) is 1.98. The molecule has 2 N–H and O–H groups in total. The zero-order chi connectivity index (χ0) is 17.7. The predicted molar refractivity (Wildman–Crippen MR) is 93.6 cm³/mol. The molecule has 24 heavy (non-hydrogen) atoms. The van der Waals surface area contributed by atoms with Gasteiger partial charge in [-0.2, -0.15) is 0 Å². The second kappa shape index (κ2) is 7.82. The topological polar surface area (TPSA) is 101 Å². The Kier molecular flexibility index (Phi) is 6.03. The molecular formula is C15H20N4O3S2. The van der Waals surface area contributed by atoms with E-state index in [9.17, 15) is 13.2 Å². The Labute approximate surface area is 145 Å².